The summed E-state index contributed by atoms with van der Waals surface area (Å²) in [6, 6.07) is -0.442. The minimum atomic E-state index is -0.583. The summed E-state index contributed by atoms with van der Waals surface area (Å²) in [5.41, 5.74) is 5.14. The van der Waals surface area contributed by atoms with Gasteiger partial charge in [-0.15, -0.1) is 0 Å². The largest absolute Gasteiger partial charge is 1.00 e. The lowest BCUT2D eigenvalue weighted by Crippen LogP contribution is -3.00. The Bertz CT molecular complexity index is 560. The van der Waals surface area contributed by atoms with Crippen molar-refractivity contribution in [3.05, 3.63) is 32.1 Å². The molecule has 18 heavy (non-hydrogen) atoms. The summed E-state index contributed by atoms with van der Waals surface area (Å²) < 4.78 is 0. The Balaban J connectivity index is 0.00000289. The highest BCUT2D eigenvalue weighted by molar-refractivity contribution is 5.84. The van der Waals surface area contributed by atoms with Gasteiger partial charge in [-0.3, -0.25) is 14.6 Å². The first-order chi connectivity index (χ1) is 7.91. The van der Waals surface area contributed by atoms with Crippen LogP contribution in [0.1, 0.15) is 18.2 Å². The number of hydrogen-bond acceptors (Lipinski definition) is 4. The fraction of sp³-hybridized carbons (Fsp3) is 0.333. The third kappa shape index (κ3) is 4.15. The second-order valence-electron chi connectivity index (χ2n) is 3.58. The highest BCUT2D eigenvalue weighted by Crippen LogP contribution is 1.89. The fourth-order valence-electron chi connectivity index (χ4n) is 1.04. The maximum absolute atomic E-state index is 11.4. The second-order valence-corrected chi connectivity index (χ2v) is 3.58. The molecular formula is C9H14ClN5O3. The number of rotatable bonds is 3. The van der Waals surface area contributed by atoms with Crippen molar-refractivity contribution in [3.63, 3.8) is 0 Å². The SMILES string of the molecule is Cc1[nH]c(=O)[nH]c(=O)c1C=NNC(=O)[C@H](C)[NH3+].[Cl-]. The van der Waals surface area contributed by atoms with E-state index in [1.54, 1.807) is 13.8 Å². The molecular weight excluding hydrogens is 262 g/mol. The zero-order valence-corrected chi connectivity index (χ0v) is 10.7. The van der Waals surface area contributed by atoms with Crippen LogP contribution in [0.3, 0.4) is 0 Å². The monoisotopic (exact) mass is 275 g/mol. The number of aromatic nitrogens is 2. The van der Waals surface area contributed by atoms with E-state index in [0.29, 0.717) is 5.69 Å². The molecule has 0 fully saturated rings. The summed E-state index contributed by atoms with van der Waals surface area (Å²) in [7, 11) is 0. The van der Waals surface area contributed by atoms with E-state index in [1.165, 1.54) is 6.21 Å². The Morgan fingerprint density at radius 1 is 1.44 bits per heavy atom. The highest BCUT2D eigenvalue weighted by atomic mass is 35.5. The van der Waals surface area contributed by atoms with Gasteiger partial charge in [0, 0.05) is 5.69 Å². The van der Waals surface area contributed by atoms with Gasteiger partial charge in [0.15, 0.2) is 6.04 Å². The number of aromatic amines is 2. The van der Waals surface area contributed by atoms with E-state index >= 15 is 0 Å². The number of carbonyl (C=O) groups excluding carboxylic acids is 1. The van der Waals surface area contributed by atoms with Gasteiger partial charge in [0.1, 0.15) is 0 Å². The van der Waals surface area contributed by atoms with Crippen molar-refractivity contribution in [2.75, 3.05) is 0 Å². The predicted octanol–water partition coefficient (Wildman–Crippen LogP) is -5.54. The van der Waals surface area contributed by atoms with Crippen LogP contribution < -0.4 is 34.8 Å². The van der Waals surface area contributed by atoms with Gasteiger partial charge in [0.05, 0.1) is 11.8 Å². The van der Waals surface area contributed by atoms with Crippen LogP contribution in [0.4, 0.5) is 0 Å². The maximum atomic E-state index is 11.4. The summed E-state index contributed by atoms with van der Waals surface area (Å²) >= 11 is 0. The van der Waals surface area contributed by atoms with E-state index in [1.807, 2.05) is 0 Å². The highest BCUT2D eigenvalue weighted by Gasteiger charge is 2.08. The summed E-state index contributed by atoms with van der Waals surface area (Å²) in [6.07, 6.45) is 1.17. The first-order valence-electron chi connectivity index (χ1n) is 4.91. The topological polar surface area (TPSA) is 135 Å². The van der Waals surface area contributed by atoms with Gasteiger partial charge in [-0.25, -0.2) is 10.2 Å². The van der Waals surface area contributed by atoms with E-state index in [9.17, 15) is 14.4 Å². The summed E-state index contributed by atoms with van der Waals surface area (Å²) in [4.78, 5) is 37.9. The molecule has 0 aliphatic carbocycles. The van der Waals surface area contributed by atoms with Crippen molar-refractivity contribution < 1.29 is 22.9 Å². The average molecular weight is 276 g/mol. The van der Waals surface area contributed by atoms with Crippen molar-refractivity contribution in [2.24, 2.45) is 5.10 Å². The van der Waals surface area contributed by atoms with Crippen molar-refractivity contribution in [1.82, 2.24) is 15.4 Å². The van der Waals surface area contributed by atoms with Gasteiger partial charge in [0.25, 0.3) is 11.5 Å². The normalized spacial score (nSPS) is 11.9. The first kappa shape index (κ1) is 16.1. The van der Waals surface area contributed by atoms with Crippen LogP contribution in [-0.2, 0) is 4.79 Å². The van der Waals surface area contributed by atoms with Crippen LogP contribution in [-0.4, -0.2) is 28.1 Å². The Morgan fingerprint density at radius 3 is 2.56 bits per heavy atom. The smallest absolute Gasteiger partial charge is 0.325 e. The van der Waals surface area contributed by atoms with Gasteiger partial charge < -0.3 is 23.1 Å². The number of halogens is 1. The molecule has 0 aromatic carbocycles. The molecule has 1 aromatic heterocycles. The molecule has 1 amide bonds. The number of aryl methyl sites for hydroxylation is 1. The molecule has 0 unspecified atom stereocenters. The van der Waals surface area contributed by atoms with Crippen LogP contribution >= 0.6 is 0 Å². The molecule has 100 valence electrons. The second kappa shape index (κ2) is 6.72. The standard InChI is InChI=1S/C9H13N5O3.ClH/c1-4(10)7(15)14-11-3-6-5(2)12-9(17)13-8(6)16;/h3-4H,10H2,1-2H3,(H,14,15)(H2,12,13,16,17);1H/t4-;/m0./s1. The molecule has 8 nitrogen and oxygen atoms in total. The van der Waals surface area contributed by atoms with Crippen molar-refractivity contribution in [3.8, 4) is 0 Å². The Labute approximate surface area is 108 Å². The number of hydrogen-bond donors (Lipinski definition) is 4. The molecule has 0 aliphatic rings. The van der Waals surface area contributed by atoms with Crippen LogP contribution in [0.2, 0.25) is 0 Å². The first-order valence-corrected chi connectivity index (χ1v) is 4.91. The fourth-order valence-corrected chi connectivity index (χ4v) is 1.04. The number of H-pyrrole nitrogens is 2. The van der Waals surface area contributed by atoms with E-state index in [4.69, 9.17) is 0 Å². The molecule has 0 radical (unpaired) electrons. The average Bonchev–Trinajstić information content (AvgIpc) is 2.21. The molecule has 1 rings (SSSR count). The lowest BCUT2D eigenvalue weighted by molar-refractivity contribution is -0.398. The zero-order valence-electron chi connectivity index (χ0n) is 9.91. The van der Waals surface area contributed by atoms with Crippen LogP contribution in [0.25, 0.3) is 0 Å². The molecule has 1 aromatic rings. The molecule has 6 N–H and O–H groups in total. The number of nitrogens with zero attached hydrogens (tertiary/aromatic N) is 1. The minimum absolute atomic E-state index is 0. The number of hydrazone groups is 1. The Kier molecular flexibility index (Phi) is 6.00. The predicted molar refractivity (Wildman–Crippen MR) is 60.5 cm³/mol. The van der Waals surface area contributed by atoms with Crippen LogP contribution in [0, 0.1) is 6.92 Å². The lowest BCUT2D eigenvalue weighted by Gasteiger charge is -2.00. The quantitative estimate of drug-likeness (QED) is 0.324. The van der Waals surface area contributed by atoms with Gasteiger partial charge in [-0.1, -0.05) is 0 Å². The lowest BCUT2D eigenvalue weighted by atomic mass is 10.2. The number of carbonyl (C=O) groups is 1. The molecule has 0 bridgehead atoms. The number of amides is 1. The number of nitrogens with one attached hydrogen (secondary N) is 3. The maximum Gasteiger partial charge on any atom is 0.325 e. The number of quaternary nitrogens is 1. The summed E-state index contributed by atoms with van der Waals surface area (Å²) in [5, 5.41) is 3.61. The van der Waals surface area contributed by atoms with E-state index in [2.05, 4.69) is 26.2 Å². The molecule has 0 saturated carbocycles. The van der Waals surface area contributed by atoms with Crippen LogP contribution in [0.5, 0.6) is 0 Å². The molecule has 0 spiro atoms. The van der Waals surface area contributed by atoms with Crippen molar-refractivity contribution in [2.45, 2.75) is 19.9 Å². The van der Waals surface area contributed by atoms with Crippen molar-refractivity contribution >= 4 is 12.1 Å². The van der Waals surface area contributed by atoms with Gasteiger partial charge >= 0.3 is 5.69 Å². The van der Waals surface area contributed by atoms with E-state index < -0.39 is 17.3 Å². The molecule has 1 heterocycles. The zero-order chi connectivity index (χ0) is 13.0. The molecule has 1 atom stereocenters. The van der Waals surface area contributed by atoms with Crippen molar-refractivity contribution in [1.29, 1.82) is 0 Å². The third-order valence-corrected chi connectivity index (χ3v) is 1.99. The van der Waals surface area contributed by atoms with Crippen LogP contribution in [0.15, 0.2) is 14.7 Å². The molecule has 0 aliphatic heterocycles. The van der Waals surface area contributed by atoms with E-state index in [0.717, 1.165) is 0 Å². The summed E-state index contributed by atoms with van der Waals surface area (Å²) in [6.45, 7) is 3.17. The van der Waals surface area contributed by atoms with Gasteiger partial charge in [-0.05, 0) is 13.8 Å². The van der Waals surface area contributed by atoms with Gasteiger partial charge in [-0.2, -0.15) is 5.10 Å². The van der Waals surface area contributed by atoms with Gasteiger partial charge in [0.2, 0.25) is 0 Å². The molecule has 9 heteroatoms. The Morgan fingerprint density at radius 2 is 2.06 bits per heavy atom. The molecule has 0 saturated heterocycles. The minimum Gasteiger partial charge on any atom is -1.00 e. The van der Waals surface area contributed by atoms with E-state index in [-0.39, 0.29) is 23.9 Å². The summed E-state index contributed by atoms with van der Waals surface area (Å²) in [5.74, 6) is -0.361. The Hall–Kier alpha value is -1.93. The third-order valence-electron chi connectivity index (χ3n) is 1.99.